The third-order valence-corrected chi connectivity index (χ3v) is 4.60. The zero-order valence-electron chi connectivity index (χ0n) is 16.2. The van der Waals surface area contributed by atoms with Gasteiger partial charge in [-0.05, 0) is 24.3 Å². The summed E-state index contributed by atoms with van der Waals surface area (Å²) >= 11 is 12.1. The van der Waals surface area contributed by atoms with Crippen LogP contribution in [0.15, 0.2) is 53.9 Å². The summed E-state index contributed by atoms with van der Waals surface area (Å²) in [5, 5.41) is 6.52. The molecule has 31 heavy (non-hydrogen) atoms. The zero-order valence-corrected chi connectivity index (χ0v) is 17.7. The molecule has 0 fully saturated rings. The van der Waals surface area contributed by atoms with Crippen LogP contribution in [0, 0.1) is 5.82 Å². The van der Waals surface area contributed by atoms with Gasteiger partial charge in [0.05, 0.1) is 16.7 Å². The lowest BCUT2D eigenvalue weighted by Gasteiger charge is -2.13. The molecule has 0 atom stereocenters. The molecule has 11 heteroatoms. The molecule has 0 saturated heterocycles. The van der Waals surface area contributed by atoms with Crippen molar-refractivity contribution in [3.05, 3.63) is 70.2 Å². The van der Waals surface area contributed by atoms with E-state index in [-0.39, 0.29) is 39.6 Å². The SMILES string of the molecule is CNC(=O)C(=NOC)c1c(F)cccc1Oc1cc(Oc2cccc(Cl)c2Cl)ncn1. The monoisotopic (exact) mass is 464 g/mol. The number of nitrogens with zero attached hydrogens (tertiary/aromatic N) is 3. The molecule has 1 heterocycles. The summed E-state index contributed by atoms with van der Waals surface area (Å²) < 4.78 is 25.9. The van der Waals surface area contributed by atoms with E-state index in [0.717, 1.165) is 6.07 Å². The van der Waals surface area contributed by atoms with E-state index >= 15 is 0 Å². The van der Waals surface area contributed by atoms with Gasteiger partial charge in [-0.1, -0.05) is 40.5 Å². The molecular weight excluding hydrogens is 450 g/mol. The van der Waals surface area contributed by atoms with Gasteiger partial charge in [0.25, 0.3) is 5.91 Å². The first kappa shape index (κ1) is 22.3. The summed E-state index contributed by atoms with van der Waals surface area (Å²) in [6.07, 6.45) is 1.19. The average molecular weight is 465 g/mol. The maximum Gasteiger partial charge on any atom is 0.273 e. The third-order valence-electron chi connectivity index (χ3n) is 3.80. The Labute approximate surface area is 186 Å². The first-order chi connectivity index (χ1) is 14.9. The van der Waals surface area contributed by atoms with Gasteiger partial charge in [0.2, 0.25) is 11.8 Å². The molecule has 3 rings (SSSR count). The van der Waals surface area contributed by atoms with Gasteiger partial charge in [-0.2, -0.15) is 0 Å². The van der Waals surface area contributed by atoms with Crippen molar-refractivity contribution in [2.45, 2.75) is 0 Å². The second kappa shape index (κ2) is 10.1. The molecule has 0 aliphatic heterocycles. The number of hydrogen-bond donors (Lipinski definition) is 1. The van der Waals surface area contributed by atoms with Crippen molar-refractivity contribution < 1.29 is 23.5 Å². The number of carbonyl (C=O) groups is 1. The van der Waals surface area contributed by atoms with Crippen molar-refractivity contribution in [2.75, 3.05) is 14.2 Å². The Hall–Kier alpha value is -3.43. The van der Waals surface area contributed by atoms with Gasteiger partial charge < -0.3 is 19.6 Å². The summed E-state index contributed by atoms with van der Waals surface area (Å²) in [5.74, 6) is -1.04. The van der Waals surface area contributed by atoms with Crippen LogP contribution in [-0.2, 0) is 9.63 Å². The lowest BCUT2D eigenvalue weighted by Crippen LogP contribution is -2.29. The number of aromatic nitrogens is 2. The number of carbonyl (C=O) groups excluding carboxylic acids is 1. The normalized spacial score (nSPS) is 11.1. The maximum absolute atomic E-state index is 14.6. The van der Waals surface area contributed by atoms with E-state index in [1.165, 1.54) is 38.7 Å². The highest BCUT2D eigenvalue weighted by atomic mass is 35.5. The summed E-state index contributed by atoms with van der Waals surface area (Å²) in [4.78, 5) is 24.8. The fourth-order valence-corrected chi connectivity index (χ4v) is 2.78. The quantitative estimate of drug-likeness (QED) is 0.405. The molecular formula is C20H15Cl2FN4O4. The molecule has 0 bridgehead atoms. The highest BCUT2D eigenvalue weighted by Gasteiger charge is 2.23. The van der Waals surface area contributed by atoms with Gasteiger partial charge in [0.1, 0.15) is 35.8 Å². The predicted octanol–water partition coefficient (Wildman–Crippen LogP) is 4.60. The number of oxime groups is 1. The maximum atomic E-state index is 14.6. The Morgan fingerprint density at radius 3 is 2.39 bits per heavy atom. The standard InChI is InChI=1S/C20H15Cl2FN4O4/c1-24-20(28)19(27-29-2)17-12(23)6-4-7-13(17)30-15-9-16(26-10-25-15)31-14-8-3-5-11(21)18(14)22/h3-10H,1-2H3,(H,24,28). The van der Waals surface area contributed by atoms with Gasteiger partial charge in [-0.25, -0.2) is 14.4 Å². The Balaban J connectivity index is 1.94. The van der Waals surface area contributed by atoms with Gasteiger partial charge in [0, 0.05) is 7.05 Å². The van der Waals surface area contributed by atoms with Gasteiger partial charge in [-0.3, -0.25) is 4.79 Å². The van der Waals surface area contributed by atoms with E-state index < -0.39 is 11.7 Å². The molecule has 0 saturated carbocycles. The van der Waals surface area contributed by atoms with E-state index in [4.69, 9.17) is 32.7 Å². The van der Waals surface area contributed by atoms with E-state index in [1.807, 2.05) is 0 Å². The molecule has 1 N–H and O–H groups in total. The van der Waals surface area contributed by atoms with Gasteiger partial charge in [0.15, 0.2) is 5.71 Å². The average Bonchev–Trinajstić information content (AvgIpc) is 2.76. The summed E-state index contributed by atoms with van der Waals surface area (Å²) in [5.41, 5.74) is -0.517. The summed E-state index contributed by atoms with van der Waals surface area (Å²) in [6.45, 7) is 0. The fraction of sp³-hybridized carbons (Fsp3) is 0.100. The van der Waals surface area contributed by atoms with E-state index in [0.29, 0.717) is 5.02 Å². The van der Waals surface area contributed by atoms with Crippen LogP contribution in [-0.4, -0.2) is 35.7 Å². The molecule has 1 aromatic heterocycles. The predicted molar refractivity (Wildman–Crippen MR) is 113 cm³/mol. The largest absolute Gasteiger partial charge is 0.438 e. The van der Waals surface area contributed by atoms with E-state index in [1.54, 1.807) is 18.2 Å². The summed E-state index contributed by atoms with van der Waals surface area (Å²) in [6, 6.07) is 10.3. The van der Waals surface area contributed by atoms with Crippen molar-refractivity contribution >= 4 is 34.8 Å². The summed E-state index contributed by atoms with van der Waals surface area (Å²) in [7, 11) is 2.61. The minimum absolute atomic E-state index is 0.0173. The first-order valence-corrected chi connectivity index (χ1v) is 9.44. The van der Waals surface area contributed by atoms with Crippen LogP contribution in [0.2, 0.25) is 10.0 Å². The number of rotatable bonds is 7. The van der Waals surface area contributed by atoms with Crippen LogP contribution in [0.25, 0.3) is 0 Å². The molecule has 0 spiro atoms. The molecule has 0 aliphatic carbocycles. The Morgan fingerprint density at radius 1 is 1.06 bits per heavy atom. The second-order valence-corrected chi connectivity index (χ2v) is 6.55. The highest BCUT2D eigenvalue weighted by molar-refractivity contribution is 6.45. The van der Waals surface area contributed by atoms with Crippen LogP contribution < -0.4 is 14.8 Å². The van der Waals surface area contributed by atoms with Crippen LogP contribution >= 0.6 is 23.2 Å². The molecule has 3 aromatic rings. The van der Waals surface area contributed by atoms with Crippen molar-refractivity contribution in [1.29, 1.82) is 0 Å². The van der Waals surface area contributed by atoms with Gasteiger partial charge in [-0.15, -0.1) is 0 Å². The topological polar surface area (TPSA) is 94.9 Å². The number of ether oxygens (including phenoxy) is 2. The molecule has 0 aliphatic rings. The molecule has 0 radical (unpaired) electrons. The van der Waals surface area contributed by atoms with Crippen molar-refractivity contribution in [3.63, 3.8) is 0 Å². The minimum atomic E-state index is -0.742. The van der Waals surface area contributed by atoms with Crippen LogP contribution in [0.3, 0.4) is 0 Å². The molecule has 2 aromatic carbocycles. The van der Waals surface area contributed by atoms with Gasteiger partial charge >= 0.3 is 0 Å². The van der Waals surface area contributed by atoms with Crippen LogP contribution in [0.1, 0.15) is 5.56 Å². The highest BCUT2D eigenvalue weighted by Crippen LogP contribution is 2.35. The zero-order chi connectivity index (χ0) is 22.4. The molecule has 160 valence electrons. The van der Waals surface area contributed by atoms with Crippen molar-refractivity contribution in [2.24, 2.45) is 5.16 Å². The first-order valence-electron chi connectivity index (χ1n) is 8.68. The molecule has 1 amide bonds. The Bertz CT molecular complexity index is 1140. The number of benzene rings is 2. The Morgan fingerprint density at radius 2 is 1.71 bits per heavy atom. The van der Waals surface area contributed by atoms with Crippen LogP contribution in [0.4, 0.5) is 4.39 Å². The van der Waals surface area contributed by atoms with E-state index in [9.17, 15) is 9.18 Å². The molecule has 0 unspecified atom stereocenters. The number of nitrogens with one attached hydrogen (secondary N) is 1. The lowest BCUT2D eigenvalue weighted by atomic mass is 10.1. The third kappa shape index (κ3) is 5.19. The smallest absolute Gasteiger partial charge is 0.273 e. The number of hydrogen-bond acceptors (Lipinski definition) is 7. The van der Waals surface area contributed by atoms with Crippen molar-refractivity contribution in [1.82, 2.24) is 15.3 Å². The van der Waals surface area contributed by atoms with Crippen LogP contribution in [0.5, 0.6) is 23.3 Å². The lowest BCUT2D eigenvalue weighted by molar-refractivity contribution is -0.114. The second-order valence-electron chi connectivity index (χ2n) is 5.77. The fourth-order valence-electron chi connectivity index (χ4n) is 2.45. The molecule has 8 nitrogen and oxygen atoms in total. The number of amides is 1. The number of halogens is 3. The Kier molecular flexibility index (Phi) is 7.22. The minimum Gasteiger partial charge on any atom is -0.438 e. The van der Waals surface area contributed by atoms with Crippen molar-refractivity contribution in [3.8, 4) is 23.3 Å². The number of likely N-dealkylation sites (N-methyl/N-ethyl adjacent to an activating group) is 1. The van der Waals surface area contributed by atoms with E-state index in [2.05, 4.69) is 25.3 Å².